The van der Waals surface area contributed by atoms with Crippen LogP contribution in [0.4, 0.5) is 0 Å². The quantitative estimate of drug-likeness (QED) is 0.744. The smallest absolute Gasteiger partial charge is 0.186 e. The van der Waals surface area contributed by atoms with E-state index in [2.05, 4.69) is 6.92 Å². The van der Waals surface area contributed by atoms with Crippen LogP contribution < -0.4 is 0 Å². The Morgan fingerprint density at radius 1 is 1.43 bits per heavy atom. The topological polar surface area (TPSA) is 17.1 Å². The summed E-state index contributed by atoms with van der Waals surface area (Å²) in [6, 6.07) is 3.88. The Kier molecular flexibility index (Phi) is 3.57. The molecule has 1 fully saturated rings. The molecule has 0 saturated carbocycles. The second kappa shape index (κ2) is 4.73. The van der Waals surface area contributed by atoms with Crippen molar-refractivity contribution in [3.8, 4) is 0 Å². The number of carbonyl (C=O) groups excluding carboxylic acids is 1. The van der Waals surface area contributed by atoms with Crippen molar-refractivity contribution in [3.05, 3.63) is 22.4 Å². The zero-order valence-corrected chi connectivity index (χ0v) is 10.4. The second-order valence-electron chi connectivity index (χ2n) is 3.21. The molecule has 1 saturated heterocycles. The van der Waals surface area contributed by atoms with Crippen molar-refractivity contribution in [2.45, 2.75) is 17.4 Å². The van der Waals surface area contributed by atoms with Crippen molar-refractivity contribution in [2.24, 2.45) is 0 Å². The number of thioether (sulfide) groups is 2. The number of Topliss-reactive ketones (excluding diaryl/α,β-unsaturated/α-hetero) is 1. The van der Waals surface area contributed by atoms with Crippen molar-refractivity contribution in [3.63, 3.8) is 0 Å². The van der Waals surface area contributed by atoms with E-state index in [4.69, 9.17) is 0 Å². The molecule has 0 aromatic carbocycles. The van der Waals surface area contributed by atoms with Crippen LogP contribution in [-0.4, -0.2) is 27.8 Å². The van der Waals surface area contributed by atoms with Crippen molar-refractivity contribution in [1.82, 2.24) is 0 Å². The molecule has 0 amide bonds. The van der Waals surface area contributed by atoms with Crippen LogP contribution in [0.3, 0.4) is 0 Å². The molecule has 1 aromatic heterocycles. The highest BCUT2D eigenvalue weighted by Crippen LogP contribution is 2.33. The van der Waals surface area contributed by atoms with Gasteiger partial charge in [-0.25, -0.2) is 0 Å². The molecule has 0 aliphatic carbocycles. The molecule has 1 nitrogen and oxygen atoms in total. The van der Waals surface area contributed by atoms with Crippen LogP contribution >= 0.6 is 34.9 Å². The summed E-state index contributed by atoms with van der Waals surface area (Å²) in [6.07, 6.45) is 0. The fourth-order valence-electron chi connectivity index (χ4n) is 1.48. The summed E-state index contributed by atoms with van der Waals surface area (Å²) in [4.78, 5) is 13.0. The number of rotatable bonds is 2. The van der Waals surface area contributed by atoms with E-state index in [1.165, 1.54) is 5.75 Å². The third kappa shape index (κ3) is 2.18. The van der Waals surface area contributed by atoms with Gasteiger partial charge in [-0.1, -0.05) is 13.0 Å². The molecule has 1 aliphatic heterocycles. The molecule has 1 aromatic rings. The summed E-state index contributed by atoms with van der Waals surface area (Å²) in [7, 11) is 0. The molecule has 0 N–H and O–H groups in total. The maximum absolute atomic E-state index is 12.0. The average Bonchev–Trinajstić information content (AvgIpc) is 2.70. The monoisotopic (exact) mass is 244 g/mol. The lowest BCUT2D eigenvalue weighted by atomic mass is 10.2. The van der Waals surface area contributed by atoms with E-state index in [0.29, 0.717) is 11.0 Å². The van der Waals surface area contributed by atoms with E-state index >= 15 is 0 Å². The van der Waals surface area contributed by atoms with Gasteiger partial charge < -0.3 is 0 Å². The molecular weight excluding hydrogens is 232 g/mol. The van der Waals surface area contributed by atoms with Gasteiger partial charge in [-0.15, -0.1) is 23.1 Å². The van der Waals surface area contributed by atoms with Crippen LogP contribution in [0.25, 0.3) is 0 Å². The van der Waals surface area contributed by atoms with Gasteiger partial charge in [0.15, 0.2) is 5.78 Å². The summed E-state index contributed by atoms with van der Waals surface area (Å²) >= 11 is 5.28. The second-order valence-corrected chi connectivity index (χ2v) is 6.89. The van der Waals surface area contributed by atoms with Gasteiger partial charge in [-0.2, -0.15) is 11.8 Å². The number of hydrogen-bond acceptors (Lipinski definition) is 4. The van der Waals surface area contributed by atoms with Gasteiger partial charge >= 0.3 is 0 Å². The first-order valence-corrected chi connectivity index (χ1v) is 7.57. The molecule has 2 heterocycles. The Bertz CT molecular complexity index is 307. The molecule has 2 unspecified atom stereocenters. The lowest BCUT2D eigenvalue weighted by Crippen LogP contribution is -2.30. The predicted molar refractivity (Wildman–Crippen MR) is 66.8 cm³/mol. The van der Waals surface area contributed by atoms with Gasteiger partial charge in [0.25, 0.3) is 0 Å². The SMILES string of the molecule is CC1SCCSC1C(=O)c1cccs1. The molecule has 14 heavy (non-hydrogen) atoms. The highest BCUT2D eigenvalue weighted by molar-refractivity contribution is 8.07. The minimum absolute atomic E-state index is 0.174. The molecule has 0 bridgehead atoms. The fraction of sp³-hybridized carbons (Fsp3) is 0.500. The third-order valence-corrected chi connectivity index (χ3v) is 6.18. The fourth-order valence-corrected chi connectivity index (χ4v) is 4.97. The van der Waals surface area contributed by atoms with Crippen LogP contribution in [0.2, 0.25) is 0 Å². The molecule has 2 atom stereocenters. The normalized spacial score (nSPS) is 27.5. The van der Waals surface area contributed by atoms with E-state index in [0.717, 1.165) is 10.6 Å². The Hall–Kier alpha value is 0.0700. The summed E-state index contributed by atoms with van der Waals surface area (Å²) < 4.78 is 0. The van der Waals surface area contributed by atoms with Crippen molar-refractivity contribution >= 4 is 40.6 Å². The van der Waals surface area contributed by atoms with E-state index in [9.17, 15) is 4.79 Å². The largest absolute Gasteiger partial charge is 0.292 e. The summed E-state index contributed by atoms with van der Waals surface area (Å²) in [5.74, 6) is 2.61. The number of ketones is 1. The molecule has 0 spiro atoms. The van der Waals surface area contributed by atoms with E-state index in [1.807, 2.05) is 41.0 Å². The van der Waals surface area contributed by atoms with Crippen LogP contribution in [0.5, 0.6) is 0 Å². The number of hydrogen-bond donors (Lipinski definition) is 0. The van der Waals surface area contributed by atoms with Crippen molar-refractivity contribution in [2.75, 3.05) is 11.5 Å². The van der Waals surface area contributed by atoms with Gasteiger partial charge in [0.2, 0.25) is 0 Å². The van der Waals surface area contributed by atoms with E-state index < -0.39 is 0 Å². The van der Waals surface area contributed by atoms with Crippen LogP contribution in [0.15, 0.2) is 17.5 Å². The number of carbonyl (C=O) groups is 1. The van der Waals surface area contributed by atoms with Gasteiger partial charge in [0.05, 0.1) is 10.1 Å². The first kappa shape index (κ1) is 10.6. The van der Waals surface area contributed by atoms with Crippen LogP contribution in [0.1, 0.15) is 16.6 Å². The minimum Gasteiger partial charge on any atom is -0.292 e. The average molecular weight is 244 g/mol. The van der Waals surface area contributed by atoms with Gasteiger partial charge in [-0.3, -0.25) is 4.79 Å². The first-order valence-electron chi connectivity index (χ1n) is 4.60. The molecule has 76 valence electrons. The zero-order valence-electron chi connectivity index (χ0n) is 7.93. The Balaban J connectivity index is 2.10. The third-order valence-electron chi connectivity index (χ3n) is 2.21. The molecule has 0 radical (unpaired) electrons. The van der Waals surface area contributed by atoms with Crippen LogP contribution in [0, 0.1) is 0 Å². The summed E-state index contributed by atoms with van der Waals surface area (Å²) in [5.41, 5.74) is 0. The standard InChI is InChI=1S/C10H12OS3/c1-7-10(14-6-5-12-7)9(11)8-3-2-4-13-8/h2-4,7,10H,5-6H2,1H3. The van der Waals surface area contributed by atoms with Crippen molar-refractivity contribution in [1.29, 1.82) is 0 Å². The van der Waals surface area contributed by atoms with Gasteiger partial charge in [0, 0.05) is 16.8 Å². The molecule has 2 rings (SSSR count). The predicted octanol–water partition coefficient (Wildman–Crippen LogP) is 3.17. The summed E-state index contributed by atoms with van der Waals surface area (Å²) in [5, 5.41) is 2.61. The molecule has 1 aliphatic rings. The minimum atomic E-state index is 0.174. The Morgan fingerprint density at radius 2 is 2.21 bits per heavy atom. The Labute approximate surface area is 96.7 Å². The Morgan fingerprint density at radius 3 is 2.86 bits per heavy atom. The van der Waals surface area contributed by atoms with E-state index in [1.54, 1.807) is 11.3 Å². The van der Waals surface area contributed by atoms with E-state index in [-0.39, 0.29) is 5.25 Å². The molecule has 4 heteroatoms. The maximum Gasteiger partial charge on any atom is 0.186 e. The maximum atomic E-state index is 12.0. The van der Waals surface area contributed by atoms with Crippen LogP contribution in [-0.2, 0) is 0 Å². The lowest BCUT2D eigenvalue weighted by molar-refractivity contribution is 0.0993. The zero-order chi connectivity index (χ0) is 9.97. The summed E-state index contributed by atoms with van der Waals surface area (Å²) in [6.45, 7) is 2.16. The highest BCUT2D eigenvalue weighted by Gasteiger charge is 2.29. The van der Waals surface area contributed by atoms with Crippen molar-refractivity contribution < 1.29 is 4.79 Å². The molecular formula is C10H12OS3. The van der Waals surface area contributed by atoms with Gasteiger partial charge in [0.1, 0.15) is 0 Å². The highest BCUT2D eigenvalue weighted by atomic mass is 32.2. The van der Waals surface area contributed by atoms with Gasteiger partial charge in [-0.05, 0) is 11.4 Å². The first-order chi connectivity index (χ1) is 6.79. The number of thiophene rings is 1. The lowest BCUT2D eigenvalue weighted by Gasteiger charge is -2.26.